The standard InChI is InChI=1S/C21H21N7OS/c1-15(16-8-10-18(11-9-16)28-14-22-13-23-28)27(2)12-19-25-26-21(30-19)20(29)24-17-6-4-3-5-7-17/h3-11,13-15H,12H2,1-2H3,(H,24,29). The van der Waals surface area contributed by atoms with Crippen LogP contribution in [-0.4, -0.2) is 42.8 Å². The molecule has 2 aromatic carbocycles. The summed E-state index contributed by atoms with van der Waals surface area (Å²) < 4.78 is 1.72. The minimum absolute atomic E-state index is 0.167. The maximum absolute atomic E-state index is 12.4. The molecule has 1 atom stereocenters. The van der Waals surface area contributed by atoms with E-state index in [1.807, 2.05) is 49.5 Å². The van der Waals surface area contributed by atoms with E-state index in [0.717, 1.165) is 16.4 Å². The second-order valence-electron chi connectivity index (χ2n) is 6.84. The Kier molecular flexibility index (Phi) is 5.92. The number of aromatic nitrogens is 5. The van der Waals surface area contributed by atoms with E-state index >= 15 is 0 Å². The van der Waals surface area contributed by atoms with Gasteiger partial charge in [-0.05, 0) is 43.8 Å². The first kappa shape index (κ1) is 19.9. The Morgan fingerprint density at radius 3 is 2.60 bits per heavy atom. The van der Waals surface area contributed by atoms with Crippen LogP contribution >= 0.6 is 11.3 Å². The summed E-state index contributed by atoms with van der Waals surface area (Å²) in [7, 11) is 2.03. The molecule has 0 aliphatic rings. The second-order valence-corrected chi connectivity index (χ2v) is 7.91. The molecule has 4 rings (SSSR count). The summed E-state index contributed by atoms with van der Waals surface area (Å²) in [6.07, 6.45) is 3.19. The smallest absolute Gasteiger partial charge is 0.286 e. The highest BCUT2D eigenvalue weighted by molar-refractivity contribution is 7.13. The lowest BCUT2D eigenvalue weighted by Crippen LogP contribution is -2.21. The number of anilines is 1. The molecular weight excluding hydrogens is 398 g/mol. The third-order valence-corrected chi connectivity index (χ3v) is 5.70. The van der Waals surface area contributed by atoms with Crippen LogP contribution in [-0.2, 0) is 6.54 Å². The fourth-order valence-corrected chi connectivity index (χ4v) is 3.77. The first-order chi connectivity index (χ1) is 14.6. The zero-order valence-electron chi connectivity index (χ0n) is 16.6. The number of hydrogen-bond acceptors (Lipinski definition) is 7. The van der Waals surface area contributed by atoms with Gasteiger partial charge in [-0.3, -0.25) is 9.69 Å². The van der Waals surface area contributed by atoms with Crippen molar-refractivity contribution in [2.24, 2.45) is 0 Å². The number of hydrogen-bond donors (Lipinski definition) is 1. The van der Waals surface area contributed by atoms with E-state index in [4.69, 9.17) is 0 Å². The maximum Gasteiger partial charge on any atom is 0.286 e. The van der Waals surface area contributed by atoms with E-state index in [9.17, 15) is 4.79 Å². The SMILES string of the molecule is CC(c1ccc(-n2cncn2)cc1)N(C)Cc1nnc(C(=O)Nc2ccccc2)s1. The van der Waals surface area contributed by atoms with Gasteiger partial charge in [0.05, 0.1) is 12.2 Å². The van der Waals surface area contributed by atoms with Crippen molar-refractivity contribution in [2.45, 2.75) is 19.5 Å². The van der Waals surface area contributed by atoms with Gasteiger partial charge in [0.1, 0.15) is 17.7 Å². The Bertz CT molecular complexity index is 1090. The summed E-state index contributed by atoms with van der Waals surface area (Å²) in [6, 6.07) is 17.7. The minimum Gasteiger partial charge on any atom is -0.320 e. The molecule has 0 saturated carbocycles. The molecule has 1 unspecified atom stereocenters. The number of nitrogens with zero attached hydrogens (tertiary/aromatic N) is 6. The lowest BCUT2D eigenvalue weighted by atomic mass is 10.1. The summed E-state index contributed by atoms with van der Waals surface area (Å²) in [6.45, 7) is 2.73. The summed E-state index contributed by atoms with van der Waals surface area (Å²) >= 11 is 1.31. The maximum atomic E-state index is 12.4. The van der Waals surface area contributed by atoms with E-state index in [-0.39, 0.29) is 11.9 Å². The Labute approximate surface area is 178 Å². The molecule has 0 aliphatic carbocycles. The van der Waals surface area contributed by atoms with Gasteiger partial charge in [0.2, 0.25) is 5.01 Å². The van der Waals surface area contributed by atoms with Crippen molar-refractivity contribution in [1.29, 1.82) is 0 Å². The third-order valence-electron chi connectivity index (χ3n) is 4.80. The van der Waals surface area contributed by atoms with Gasteiger partial charge in [0.25, 0.3) is 5.91 Å². The first-order valence-corrected chi connectivity index (χ1v) is 10.3. The van der Waals surface area contributed by atoms with E-state index in [1.54, 1.807) is 11.0 Å². The molecule has 1 N–H and O–H groups in total. The van der Waals surface area contributed by atoms with Gasteiger partial charge in [-0.2, -0.15) is 5.10 Å². The van der Waals surface area contributed by atoms with Gasteiger partial charge in [-0.15, -0.1) is 10.2 Å². The van der Waals surface area contributed by atoms with Crippen LogP contribution in [0.25, 0.3) is 5.69 Å². The largest absolute Gasteiger partial charge is 0.320 e. The fourth-order valence-electron chi connectivity index (χ4n) is 2.97. The minimum atomic E-state index is -0.246. The average molecular weight is 420 g/mol. The quantitative estimate of drug-likeness (QED) is 0.493. The summed E-state index contributed by atoms with van der Waals surface area (Å²) in [4.78, 5) is 18.5. The Hall–Kier alpha value is -3.43. The van der Waals surface area contributed by atoms with Crippen LogP contribution in [0.4, 0.5) is 5.69 Å². The van der Waals surface area contributed by atoms with Crippen LogP contribution in [0, 0.1) is 0 Å². The van der Waals surface area contributed by atoms with E-state index in [0.29, 0.717) is 11.6 Å². The lowest BCUT2D eigenvalue weighted by Gasteiger charge is -2.24. The molecule has 0 fully saturated rings. The number of benzene rings is 2. The number of rotatable bonds is 7. The molecule has 8 nitrogen and oxygen atoms in total. The molecule has 2 aromatic heterocycles. The molecule has 30 heavy (non-hydrogen) atoms. The van der Waals surface area contributed by atoms with Crippen LogP contribution in [0.15, 0.2) is 67.3 Å². The molecular formula is C21H21N7OS. The van der Waals surface area contributed by atoms with Gasteiger partial charge in [0, 0.05) is 11.7 Å². The van der Waals surface area contributed by atoms with Crippen molar-refractivity contribution in [3.8, 4) is 5.69 Å². The molecule has 0 spiro atoms. The molecule has 2 heterocycles. The Morgan fingerprint density at radius 2 is 1.90 bits per heavy atom. The van der Waals surface area contributed by atoms with Crippen molar-refractivity contribution < 1.29 is 4.79 Å². The Morgan fingerprint density at radius 1 is 1.13 bits per heavy atom. The van der Waals surface area contributed by atoms with Gasteiger partial charge < -0.3 is 5.32 Å². The monoisotopic (exact) mass is 419 g/mol. The van der Waals surface area contributed by atoms with Crippen molar-refractivity contribution >= 4 is 22.9 Å². The summed E-state index contributed by atoms with van der Waals surface area (Å²) in [5.41, 5.74) is 2.87. The van der Waals surface area contributed by atoms with E-state index < -0.39 is 0 Å². The topological polar surface area (TPSA) is 88.8 Å². The molecule has 0 radical (unpaired) electrons. The Balaban J connectivity index is 1.37. The van der Waals surface area contributed by atoms with Gasteiger partial charge >= 0.3 is 0 Å². The molecule has 9 heteroatoms. The zero-order chi connectivity index (χ0) is 20.9. The van der Waals surface area contributed by atoms with Crippen LogP contribution < -0.4 is 5.32 Å². The normalized spacial score (nSPS) is 12.1. The van der Waals surface area contributed by atoms with E-state index in [2.05, 4.69) is 49.6 Å². The molecule has 4 aromatic rings. The van der Waals surface area contributed by atoms with Gasteiger partial charge in [0.15, 0.2) is 0 Å². The van der Waals surface area contributed by atoms with Crippen molar-refractivity contribution in [2.75, 3.05) is 12.4 Å². The summed E-state index contributed by atoms with van der Waals surface area (Å²) in [5.74, 6) is -0.246. The number of carbonyl (C=O) groups is 1. The number of para-hydroxylation sites is 1. The van der Waals surface area contributed by atoms with Crippen LogP contribution in [0.5, 0.6) is 0 Å². The van der Waals surface area contributed by atoms with Crippen molar-refractivity contribution in [3.63, 3.8) is 0 Å². The van der Waals surface area contributed by atoms with Crippen LogP contribution in [0.2, 0.25) is 0 Å². The van der Waals surface area contributed by atoms with E-state index in [1.165, 1.54) is 23.2 Å². The van der Waals surface area contributed by atoms with Gasteiger partial charge in [-0.1, -0.05) is 41.7 Å². The highest BCUT2D eigenvalue weighted by Gasteiger charge is 2.17. The molecule has 0 bridgehead atoms. The highest BCUT2D eigenvalue weighted by Crippen LogP contribution is 2.23. The third kappa shape index (κ3) is 4.58. The fraction of sp³-hybridized carbons (Fsp3) is 0.190. The van der Waals surface area contributed by atoms with Crippen molar-refractivity contribution in [3.05, 3.63) is 82.8 Å². The van der Waals surface area contributed by atoms with Crippen LogP contribution in [0.3, 0.4) is 0 Å². The van der Waals surface area contributed by atoms with Gasteiger partial charge in [-0.25, -0.2) is 9.67 Å². The molecule has 1 amide bonds. The number of nitrogens with one attached hydrogen (secondary N) is 1. The first-order valence-electron chi connectivity index (χ1n) is 9.44. The highest BCUT2D eigenvalue weighted by atomic mass is 32.1. The average Bonchev–Trinajstić information content (AvgIpc) is 3.46. The lowest BCUT2D eigenvalue weighted by molar-refractivity contribution is 0.102. The molecule has 152 valence electrons. The second kappa shape index (κ2) is 8.93. The zero-order valence-corrected chi connectivity index (χ0v) is 17.5. The summed E-state index contributed by atoms with van der Waals surface area (Å²) in [5, 5.41) is 16.4. The number of carbonyl (C=O) groups excluding carboxylic acids is 1. The molecule has 0 saturated heterocycles. The molecule has 0 aliphatic heterocycles. The predicted molar refractivity (Wildman–Crippen MR) is 116 cm³/mol. The number of amides is 1. The van der Waals surface area contributed by atoms with Crippen molar-refractivity contribution in [1.82, 2.24) is 29.9 Å². The predicted octanol–water partition coefficient (Wildman–Crippen LogP) is 3.56. The van der Waals surface area contributed by atoms with Crippen LogP contribution in [0.1, 0.15) is 33.3 Å².